The van der Waals surface area contributed by atoms with Crippen molar-refractivity contribution in [1.82, 2.24) is 0 Å². The Labute approximate surface area is 178 Å². The molecule has 3 nitrogen and oxygen atoms in total. The highest BCUT2D eigenvalue weighted by atomic mass is 16.3. The van der Waals surface area contributed by atoms with Crippen molar-refractivity contribution in [3.8, 4) is 0 Å². The van der Waals surface area contributed by atoms with Crippen LogP contribution in [0, 0.1) is 40.4 Å². The molecule has 4 saturated carbocycles. The number of hydrogen-bond donors (Lipinski definition) is 3. The molecular weight excluding hydrogens is 360 g/mol. The summed E-state index contributed by atoms with van der Waals surface area (Å²) in [5, 5.41) is 32.4. The Kier molecular flexibility index (Phi) is 6.42. The van der Waals surface area contributed by atoms with Gasteiger partial charge in [0, 0.05) is 0 Å². The van der Waals surface area contributed by atoms with E-state index in [4.69, 9.17) is 0 Å². The standard InChI is InChI=1S/C26H46O3/c1-4-5-6-7-8-23(28)21-10-9-19-18-16-24(29)22-15-17(27)11-13-26(22,3)20(18)12-14-25(19,21)2/h17-24,27-29H,4-16H2,1-3H3/t17-,18?,19?,20?,21+,22+,23-,24-,25-,26+/m0/s1. The quantitative estimate of drug-likeness (QED) is 0.524. The lowest BCUT2D eigenvalue weighted by Gasteiger charge is -2.62. The molecule has 0 aliphatic heterocycles. The lowest BCUT2D eigenvalue weighted by atomic mass is 9.44. The molecule has 3 heteroatoms. The number of rotatable bonds is 6. The lowest BCUT2D eigenvalue weighted by molar-refractivity contribution is -0.174. The van der Waals surface area contributed by atoms with Crippen LogP contribution in [0.15, 0.2) is 0 Å². The molecule has 0 amide bonds. The Bertz CT molecular complexity index is 564. The molecule has 0 bridgehead atoms. The third kappa shape index (κ3) is 3.72. The number of hydrogen-bond acceptors (Lipinski definition) is 3. The van der Waals surface area contributed by atoms with Crippen LogP contribution in [0.1, 0.15) is 104 Å². The summed E-state index contributed by atoms with van der Waals surface area (Å²) in [7, 11) is 0. The normalized spacial score (nSPS) is 50.5. The van der Waals surface area contributed by atoms with E-state index in [-0.39, 0.29) is 35.1 Å². The lowest BCUT2D eigenvalue weighted by Crippen LogP contribution is -2.58. The number of aliphatic hydroxyl groups is 3. The van der Waals surface area contributed by atoms with Crippen molar-refractivity contribution < 1.29 is 15.3 Å². The van der Waals surface area contributed by atoms with Crippen molar-refractivity contribution in [2.24, 2.45) is 40.4 Å². The summed E-state index contributed by atoms with van der Waals surface area (Å²) in [5.74, 6) is 2.69. The van der Waals surface area contributed by atoms with Crippen molar-refractivity contribution in [2.45, 2.75) is 123 Å². The van der Waals surface area contributed by atoms with Crippen LogP contribution < -0.4 is 0 Å². The second-order valence-corrected chi connectivity index (χ2v) is 11.9. The van der Waals surface area contributed by atoms with Gasteiger partial charge in [0.05, 0.1) is 18.3 Å². The SMILES string of the molecule is CCCCCC[C@H](O)[C@H]1CCC2C3C[C@H](O)[C@H]4C[C@@H](O)CC[C@]4(C)C3CC[C@@]21C. The molecule has 4 rings (SSSR count). The van der Waals surface area contributed by atoms with Gasteiger partial charge < -0.3 is 15.3 Å². The number of fused-ring (bicyclic) bond motifs is 5. The first-order valence-corrected chi connectivity index (χ1v) is 12.9. The summed E-state index contributed by atoms with van der Waals surface area (Å²) in [6.45, 7) is 7.15. The molecule has 3 unspecified atom stereocenters. The first-order valence-electron chi connectivity index (χ1n) is 12.9. The molecule has 10 atom stereocenters. The maximum atomic E-state index is 11.1. The molecule has 4 aliphatic rings. The first kappa shape index (κ1) is 22.1. The van der Waals surface area contributed by atoms with Crippen LogP contribution in [0.4, 0.5) is 0 Å². The molecule has 4 fully saturated rings. The van der Waals surface area contributed by atoms with Gasteiger partial charge in [0.2, 0.25) is 0 Å². The van der Waals surface area contributed by atoms with Gasteiger partial charge in [-0.25, -0.2) is 0 Å². The molecule has 3 N–H and O–H groups in total. The summed E-state index contributed by atoms with van der Waals surface area (Å²) >= 11 is 0. The van der Waals surface area contributed by atoms with Gasteiger partial charge in [0.15, 0.2) is 0 Å². The van der Waals surface area contributed by atoms with Gasteiger partial charge in [-0.1, -0.05) is 46.5 Å². The van der Waals surface area contributed by atoms with Gasteiger partial charge in [-0.05, 0) is 98.2 Å². The Hall–Kier alpha value is -0.120. The average molecular weight is 407 g/mol. The van der Waals surface area contributed by atoms with Crippen LogP contribution in [0.5, 0.6) is 0 Å². The zero-order chi connectivity index (χ0) is 20.8. The minimum absolute atomic E-state index is 0.139. The summed E-state index contributed by atoms with van der Waals surface area (Å²) in [6, 6.07) is 0. The Morgan fingerprint density at radius 3 is 2.31 bits per heavy atom. The highest BCUT2D eigenvalue weighted by Crippen LogP contribution is 2.67. The van der Waals surface area contributed by atoms with Gasteiger partial charge in [0.25, 0.3) is 0 Å². The van der Waals surface area contributed by atoms with Gasteiger partial charge in [0.1, 0.15) is 0 Å². The fourth-order valence-electron chi connectivity index (χ4n) is 8.93. The third-order valence-corrected chi connectivity index (χ3v) is 10.5. The largest absolute Gasteiger partial charge is 0.393 e. The molecule has 29 heavy (non-hydrogen) atoms. The summed E-state index contributed by atoms with van der Waals surface area (Å²) < 4.78 is 0. The summed E-state index contributed by atoms with van der Waals surface area (Å²) in [4.78, 5) is 0. The molecule has 0 aromatic rings. The zero-order valence-corrected chi connectivity index (χ0v) is 19.2. The maximum Gasteiger partial charge on any atom is 0.0577 e. The molecular formula is C26H46O3. The van der Waals surface area contributed by atoms with Gasteiger partial charge >= 0.3 is 0 Å². The van der Waals surface area contributed by atoms with Crippen LogP contribution in [-0.2, 0) is 0 Å². The maximum absolute atomic E-state index is 11.1. The first-order chi connectivity index (χ1) is 13.8. The van der Waals surface area contributed by atoms with E-state index in [9.17, 15) is 15.3 Å². The molecule has 0 radical (unpaired) electrons. The number of unbranched alkanes of at least 4 members (excludes halogenated alkanes) is 3. The fraction of sp³-hybridized carbons (Fsp3) is 1.00. The van der Waals surface area contributed by atoms with E-state index in [0.29, 0.717) is 23.7 Å². The Balaban J connectivity index is 1.48. The Morgan fingerprint density at radius 2 is 1.55 bits per heavy atom. The van der Waals surface area contributed by atoms with Crippen LogP contribution >= 0.6 is 0 Å². The molecule has 4 aliphatic carbocycles. The zero-order valence-electron chi connectivity index (χ0n) is 19.2. The van der Waals surface area contributed by atoms with E-state index < -0.39 is 0 Å². The molecule has 0 spiro atoms. The fourth-order valence-corrected chi connectivity index (χ4v) is 8.93. The predicted octanol–water partition coefficient (Wildman–Crippen LogP) is 5.31. The van der Waals surface area contributed by atoms with Crippen molar-refractivity contribution in [1.29, 1.82) is 0 Å². The van der Waals surface area contributed by atoms with Crippen molar-refractivity contribution >= 4 is 0 Å². The molecule has 0 heterocycles. The molecule has 0 saturated heterocycles. The molecule has 168 valence electrons. The molecule has 0 aromatic carbocycles. The highest BCUT2D eigenvalue weighted by Gasteiger charge is 2.62. The van der Waals surface area contributed by atoms with E-state index >= 15 is 0 Å². The smallest absolute Gasteiger partial charge is 0.0577 e. The van der Waals surface area contributed by atoms with Crippen LogP contribution in [0.2, 0.25) is 0 Å². The highest BCUT2D eigenvalue weighted by molar-refractivity contribution is 5.11. The van der Waals surface area contributed by atoms with Crippen molar-refractivity contribution in [3.05, 3.63) is 0 Å². The van der Waals surface area contributed by atoms with Gasteiger partial charge in [-0.2, -0.15) is 0 Å². The summed E-state index contributed by atoms with van der Waals surface area (Å²) in [6.07, 6.45) is 13.9. The van der Waals surface area contributed by atoms with E-state index in [1.54, 1.807) is 0 Å². The predicted molar refractivity (Wildman–Crippen MR) is 117 cm³/mol. The van der Waals surface area contributed by atoms with Gasteiger partial charge in [-0.15, -0.1) is 0 Å². The van der Waals surface area contributed by atoms with E-state index in [2.05, 4.69) is 20.8 Å². The number of aliphatic hydroxyl groups excluding tert-OH is 3. The van der Waals surface area contributed by atoms with E-state index in [0.717, 1.165) is 32.1 Å². The minimum Gasteiger partial charge on any atom is -0.393 e. The van der Waals surface area contributed by atoms with Crippen LogP contribution in [0.25, 0.3) is 0 Å². The van der Waals surface area contributed by atoms with Crippen molar-refractivity contribution in [2.75, 3.05) is 0 Å². The van der Waals surface area contributed by atoms with E-state index in [1.807, 2.05) is 0 Å². The average Bonchev–Trinajstić information content (AvgIpc) is 3.04. The van der Waals surface area contributed by atoms with Gasteiger partial charge in [-0.3, -0.25) is 0 Å². The van der Waals surface area contributed by atoms with Crippen molar-refractivity contribution in [3.63, 3.8) is 0 Å². The topological polar surface area (TPSA) is 60.7 Å². The van der Waals surface area contributed by atoms with Crippen LogP contribution in [-0.4, -0.2) is 33.6 Å². The molecule has 0 aromatic heterocycles. The second kappa shape index (κ2) is 8.43. The minimum atomic E-state index is -0.253. The monoisotopic (exact) mass is 406 g/mol. The van der Waals surface area contributed by atoms with E-state index in [1.165, 1.54) is 51.4 Å². The third-order valence-electron chi connectivity index (χ3n) is 10.5. The van der Waals surface area contributed by atoms with Crippen LogP contribution in [0.3, 0.4) is 0 Å². The Morgan fingerprint density at radius 1 is 0.828 bits per heavy atom. The summed E-state index contributed by atoms with van der Waals surface area (Å²) in [5.41, 5.74) is 0.447. The second-order valence-electron chi connectivity index (χ2n) is 11.9.